The lowest BCUT2D eigenvalue weighted by molar-refractivity contribution is -0.368. The Morgan fingerprint density at radius 3 is 2.39 bits per heavy atom. The normalized spacial score (nSPS) is 15.9. The molecule has 3 N–H and O–H groups in total. The van der Waals surface area contributed by atoms with Crippen molar-refractivity contribution in [3.05, 3.63) is 18.5 Å². The van der Waals surface area contributed by atoms with Gasteiger partial charge in [-0.1, -0.05) is 0 Å². The minimum atomic E-state index is 0.685. The maximum Gasteiger partial charge on any atom is 0.162 e. The number of hydrogen-bond donors (Lipinski definition) is 1. The van der Waals surface area contributed by atoms with Gasteiger partial charge in [-0.2, -0.15) is 0 Å². The quantitative estimate of drug-likeness (QED) is 0.837. The molecule has 1 aliphatic heterocycles. The molecule has 7 nitrogen and oxygen atoms in total. The monoisotopic (exact) mass is 318 g/mol. The number of aromatic nitrogens is 2. The van der Waals surface area contributed by atoms with Crippen LogP contribution in [0.5, 0.6) is 11.5 Å². The van der Waals surface area contributed by atoms with Crippen LogP contribution in [-0.4, -0.2) is 68.4 Å². The molecule has 0 radical (unpaired) electrons. The number of rotatable bonds is 5. The Hall–Kier alpha value is -2.12. The van der Waals surface area contributed by atoms with Crippen molar-refractivity contribution >= 4 is 16.7 Å². The van der Waals surface area contributed by atoms with Gasteiger partial charge < -0.3 is 20.1 Å². The number of anilines is 1. The number of methoxy groups -OCH3 is 2. The van der Waals surface area contributed by atoms with E-state index in [2.05, 4.69) is 25.5 Å². The number of ether oxygens (including phenoxy) is 2. The van der Waals surface area contributed by atoms with Gasteiger partial charge in [0, 0.05) is 44.2 Å². The highest BCUT2D eigenvalue weighted by atomic mass is 16.5. The van der Waals surface area contributed by atoms with Crippen molar-refractivity contribution in [2.75, 3.05) is 58.4 Å². The minimum absolute atomic E-state index is 0.685. The van der Waals surface area contributed by atoms with Crippen LogP contribution in [0.2, 0.25) is 0 Å². The Morgan fingerprint density at radius 1 is 1.04 bits per heavy atom. The summed E-state index contributed by atoms with van der Waals surface area (Å²) < 4.78 is 10.8. The average molecular weight is 318 g/mol. The van der Waals surface area contributed by atoms with E-state index < -0.39 is 0 Å². The summed E-state index contributed by atoms with van der Waals surface area (Å²) >= 11 is 0. The van der Waals surface area contributed by atoms with Gasteiger partial charge in [-0.05, 0) is 6.07 Å². The fraction of sp³-hybridized carbons (Fsp3) is 0.500. The number of nitrogens with zero attached hydrogens (tertiary/aromatic N) is 4. The molecule has 23 heavy (non-hydrogen) atoms. The first-order chi connectivity index (χ1) is 11.3. The van der Waals surface area contributed by atoms with Gasteiger partial charge >= 0.3 is 0 Å². The van der Waals surface area contributed by atoms with Crippen molar-refractivity contribution in [1.29, 1.82) is 0 Å². The molecule has 2 aromatic rings. The van der Waals surface area contributed by atoms with Crippen molar-refractivity contribution in [2.24, 2.45) is 0 Å². The Bertz CT molecular complexity index is 671. The van der Waals surface area contributed by atoms with E-state index in [0.29, 0.717) is 11.5 Å². The van der Waals surface area contributed by atoms with Gasteiger partial charge in [-0.15, -0.1) is 0 Å². The third-order valence-electron chi connectivity index (χ3n) is 4.27. The third kappa shape index (κ3) is 3.16. The molecule has 0 saturated carbocycles. The van der Waals surface area contributed by atoms with Crippen LogP contribution in [0.4, 0.5) is 5.82 Å². The highest BCUT2D eigenvalue weighted by Gasteiger charge is 2.20. The standard InChI is InChI=1S/C16H23N5O2/c1-22-14-9-12-13(10-15(14)23-2)18-11-19-16(12)21-7-5-20(4-3-17)6-8-21/h9-11H,3-8,17H2,1-2H3/p+1. The summed E-state index contributed by atoms with van der Waals surface area (Å²) in [4.78, 5) is 13.6. The van der Waals surface area contributed by atoms with Gasteiger partial charge in [0.15, 0.2) is 11.5 Å². The Labute approximate surface area is 136 Å². The molecule has 0 aliphatic carbocycles. The van der Waals surface area contributed by atoms with Crippen LogP contribution in [0, 0.1) is 0 Å². The molecular formula is C16H24N5O2+. The van der Waals surface area contributed by atoms with E-state index in [4.69, 9.17) is 9.47 Å². The van der Waals surface area contributed by atoms with E-state index in [-0.39, 0.29) is 0 Å². The molecule has 1 fully saturated rings. The predicted octanol–water partition coefficient (Wildman–Crippen LogP) is 0.0109. The van der Waals surface area contributed by atoms with Crippen molar-refractivity contribution in [3.8, 4) is 11.5 Å². The largest absolute Gasteiger partial charge is 0.493 e. The second-order valence-corrected chi connectivity index (χ2v) is 5.60. The number of hydrogen-bond acceptors (Lipinski definition) is 6. The first kappa shape index (κ1) is 15.8. The number of benzene rings is 1. The molecule has 0 bridgehead atoms. The molecule has 1 aromatic carbocycles. The summed E-state index contributed by atoms with van der Waals surface area (Å²) in [6.07, 6.45) is 1.62. The molecule has 1 saturated heterocycles. The van der Waals surface area contributed by atoms with E-state index in [1.807, 2.05) is 12.1 Å². The second kappa shape index (κ2) is 6.97. The third-order valence-corrected chi connectivity index (χ3v) is 4.27. The summed E-state index contributed by atoms with van der Waals surface area (Å²) in [7, 11) is 3.28. The Balaban J connectivity index is 1.92. The molecule has 0 unspecified atom stereocenters. The number of piperazine rings is 1. The molecule has 1 aliphatic rings. The van der Waals surface area contributed by atoms with Gasteiger partial charge in [0.2, 0.25) is 0 Å². The van der Waals surface area contributed by atoms with Crippen LogP contribution in [0.1, 0.15) is 0 Å². The van der Waals surface area contributed by atoms with Crippen molar-refractivity contribution in [1.82, 2.24) is 14.9 Å². The lowest BCUT2D eigenvalue weighted by Gasteiger charge is -2.35. The minimum Gasteiger partial charge on any atom is -0.493 e. The first-order valence-electron chi connectivity index (χ1n) is 7.90. The fourth-order valence-electron chi connectivity index (χ4n) is 3.03. The zero-order valence-electron chi connectivity index (χ0n) is 13.8. The molecule has 2 heterocycles. The smallest absolute Gasteiger partial charge is 0.162 e. The van der Waals surface area contributed by atoms with Gasteiger partial charge in [-0.25, -0.2) is 9.97 Å². The maximum absolute atomic E-state index is 5.42. The van der Waals surface area contributed by atoms with Crippen LogP contribution in [0.3, 0.4) is 0 Å². The Kier molecular flexibility index (Phi) is 4.78. The molecule has 0 atom stereocenters. The fourth-order valence-corrected chi connectivity index (χ4v) is 3.03. The number of quaternary nitrogens is 1. The van der Waals surface area contributed by atoms with E-state index in [0.717, 1.165) is 56.0 Å². The maximum atomic E-state index is 5.42. The first-order valence-corrected chi connectivity index (χ1v) is 7.90. The van der Waals surface area contributed by atoms with E-state index >= 15 is 0 Å². The molecule has 124 valence electrons. The van der Waals surface area contributed by atoms with Crippen molar-refractivity contribution < 1.29 is 15.2 Å². The second-order valence-electron chi connectivity index (χ2n) is 5.60. The highest BCUT2D eigenvalue weighted by Crippen LogP contribution is 2.34. The number of fused-ring (bicyclic) bond motifs is 1. The topological polar surface area (TPSA) is 78.4 Å². The van der Waals surface area contributed by atoms with Gasteiger partial charge in [-0.3, -0.25) is 4.90 Å². The van der Waals surface area contributed by atoms with Crippen LogP contribution in [-0.2, 0) is 0 Å². The van der Waals surface area contributed by atoms with Crippen LogP contribution < -0.4 is 20.1 Å². The summed E-state index contributed by atoms with van der Waals surface area (Å²) in [6.45, 7) is 6.00. The van der Waals surface area contributed by atoms with Crippen molar-refractivity contribution in [3.63, 3.8) is 0 Å². The molecule has 0 amide bonds. The molecule has 1 aromatic heterocycles. The Morgan fingerprint density at radius 2 is 1.74 bits per heavy atom. The summed E-state index contributed by atoms with van der Waals surface area (Å²) in [5, 5.41) is 0.996. The summed E-state index contributed by atoms with van der Waals surface area (Å²) in [5.74, 6) is 2.35. The molecular weight excluding hydrogens is 294 g/mol. The van der Waals surface area contributed by atoms with E-state index in [9.17, 15) is 0 Å². The molecule has 7 heteroatoms. The lowest BCUT2D eigenvalue weighted by Crippen LogP contribution is -2.57. The van der Waals surface area contributed by atoms with Gasteiger partial charge in [0.1, 0.15) is 12.1 Å². The van der Waals surface area contributed by atoms with Crippen LogP contribution in [0.15, 0.2) is 18.5 Å². The molecule has 0 spiro atoms. The summed E-state index contributed by atoms with van der Waals surface area (Å²) in [5.41, 5.74) is 4.80. The van der Waals surface area contributed by atoms with Gasteiger partial charge in [0.25, 0.3) is 0 Å². The SMILES string of the molecule is COc1cc2ncnc(N3CCN(CC[NH3+])CC3)c2cc1OC. The van der Waals surface area contributed by atoms with Gasteiger partial charge in [0.05, 0.1) is 26.3 Å². The highest BCUT2D eigenvalue weighted by molar-refractivity contribution is 5.92. The van der Waals surface area contributed by atoms with Crippen molar-refractivity contribution in [2.45, 2.75) is 0 Å². The molecule has 3 rings (SSSR count). The predicted molar refractivity (Wildman–Crippen MR) is 89.1 cm³/mol. The van der Waals surface area contributed by atoms with Crippen LogP contribution >= 0.6 is 0 Å². The summed E-state index contributed by atoms with van der Waals surface area (Å²) in [6, 6.07) is 3.87. The zero-order valence-corrected chi connectivity index (χ0v) is 13.8. The van der Waals surface area contributed by atoms with E-state index in [1.54, 1.807) is 20.5 Å². The zero-order chi connectivity index (χ0) is 16.2. The average Bonchev–Trinajstić information content (AvgIpc) is 2.61. The van der Waals surface area contributed by atoms with Crippen LogP contribution in [0.25, 0.3) is 10.9 Å². The lowest BCUT2D eigenvalue weighted by atomic mass is 10.2. The van der Waals surface area contributed by atoms with E-state index in [1.165, 1.54) is 0 Å².